The van der Waals surface area contributed by atoms with Crippen LogP contribution >= 0.6 is 0 Å². The van der Waals surface area contributed by atoms with Crippen molar-refractivity contribution < 1.29 is 38.2 Å². The van der Waals surface area contributed by atoms with E-state index in [0.717, 1.165) is 43.4 Å². The molecule has 49 heavy (non-hydrogen) atoms. The Morgan fingerprint density at radius 3 is 2.06 bits per heavy atom. The molecule has 0 radical (unpaired) electrons. The molecular formula is C37H47N3O9. The Hall–Kier alpha value is -4.68. The molecule has 3 aromatic rings. The van der Waals surface area contributed by atoms with Crippen LogP contribution in [0.2, 0.25) is 0 Å². The number of hydrogen-bond acceptors (Lipinski definition) is 9. The van der Waals surface area contributed by atoms with E-state index in [2.05, 4.69) is 36.6 Å². The predicted octanol–water partition coefficient (Wildman–Crippen LogP) is 7.82. The second-order valence-corrected chi connectivity index (χ2v) is 12.2. The number of nitrogens with one attached hydrogen (secondary N) is 2. The Morgan fingerprint density at radius 2 is 1.45 bits per heavy atom. The number of benzene rings is 3. The van der Waals surface area contributed by atoms with Crippen molar-refractivity contribution >= 4 is 23.4 Å². The van der Waals surface area contributed by atoms with Gasteiger partial charge in [0.25, 0.3) is 5.69 Å². The van der Waals surface area contributed by atoms with Gasteiger partial charge in [-0.15, -0.1) is 0 Å². The zero-order valence-electron chi connectivity index (χ0n) is 28.7. The number of non-ortho nitro benzene ring substituents is 1. The fourth-order valence-corrected chi connectivity index (χ4v) is 6.47. The number of nitro benzene ring substituents is 1. The van der Waals surface area contributed by atoms with Crippen LogP contribution in [0.15, 0.2) is 66.7 Å². The van der Waals surface area contributed by atoms with E-state index in [9.17, 15) is 19.7 Å². The summed E-state index contributed by atoms with van der Waals surface area (Å²) in [5.41, 5.74) is 2.06. The summed E-state index contributed by atoms with van der Waals surface area (Å²) in [6.07, 6.45) is 4.37. The Bertz CT molecular complexity index is 1520. The smallest absolute Gasteiger partial charge is 0.408 e. The summed E-state index contributed by atoms with van der Waals surface area (Å²) in [4.78, 5) is 37.7. The summed E-state index contributed by atoms with van der Waals surface area (Å²) in [5.74, 6) is 1.17. The van der Waals surface area contributed by atoms with Gasteiger partial charge in [0.15, 0.2) is 13.6 Å². The third-order valence-corrected chi connectivity index (χ3v) is 9.03. The highest BCUT2D eigenvalue weighted by Gasteiger charge is 2.42. The predicted molar refractivity (Wildman–Crippen MR) is 185 cm³/mol. The van der Waals surface area contributed by atoms with Gasteiger partial charge in [0.2, 0.25) is 5.91 Å². The van der Waals surface area contributed by atoms with Gasteiger partial charge in [-0.2, -0.15) is 0 Å². The van der Waals surface area contributed by atoms with Crippen LogP contribution in [0.3, 0.4) is 0 Å². The molecule has 0 aromatic heterocycles. The molecule has 1 saturated carbocycles. The molecule has 4 rings (SSSR count). The largest absolute Gasteiger partial charge is 0.468 e. The highest BCUT2D eigenvalue weighted by atomic mass is 16.7. The van der Waals surface area contributed by atoms with E-state index >= 15 is 0 Å². The van der Waals surface area contributed by atoms with Crippen LogP contribution in [0, 0.1) is 10.1 Å². The van der Waals surface area contributed by atoms with Gasteiger partial charge in [0, 0.05) is 26.4 Å². The van der Waals surface area contributed by atoms with E-state index in [1.54, 1.807) is 7.11 Å². The molecule has 2 unspecified atom stereocenters. The van der Waals surface area contributed by atoms with Crippen LogP contribution in [0.1, 0.15) is 87.3 Å². The summed E-state index contributed by atoms with van der Waals surface area (Å²) in [6.45, 7) is 4.40. The summed E-state index contributed by atoms with van der Waals surface area (Å²) < 4.78 is 27.1. The third-order valence-electron chi connectivity index (χ3n) is 9.03. The van der Waals surface area contributed by atoms with Crippen LogP contribution < -0.4 is 20.1 Å². The SMILES string of the molecule is CCC(c1ccc(OCOC)cc1)C(CC)c1ccc(OCOC)c(NC(=O)C2(NC(=O)OCc3ccc([N+](=O)[O-])cc3)CCCCC2)c1. The number of nitrogens with zero attached hydrogens (tertiary/aromatic N) is 1. The minimum Gasteiger partial charge on any atom is -0.468 e. The fraction of sp³-hybridized carbons (Fsp3) is 0.459. The molecule has 12 heteroatoms. The van der Waals surface area contributed by atoms with Crippen LogP contribution in [-0.4, -0.2) is 50.3 Å². The lowest BCUT2D eigenvalue weighted by atomic mass is 9.78. The molecule has 0 spiro atoms. The molecule has 2 N–H and O–H groups in total. The molecule has 0 saturated heterocycles. The second kappa shape index (κ2) is 18.2. The molecular weight excluding hydrogens is 630 g/mol. The summed E-state index contributed by atoms with van der Waals surface area (Å²) >= 11 is 0. The van der Waals surface area contributed by atoms with Crippen LogP contribution in [0.4, 0.5) is 16.2 Å². The quantitative estimate of drug-likeness (QED) is 0.0829. The minimum atomic E-state index is -1.19. The van der Waals surface area contributed by atoms with Gasteiger partial charge < -0.3 is 34.3 Å². The van der Waals surface area contributed by atoms with E-state index in [1.165, 1.54) is 36.9 Å². The van der Waals surface area contributed by atoms with Gasteiger partial charge in [-0.1, -0.05) is 51.3 Å². The van der Waals surface area contributed by atoms with Crippen molar-refractivity contribution in [2.24, 2.45) is 0 Å². The molecule has 12 nitrogen and oxygen atoms in total. The summed E-state index contributed by atoms with van der Waals surface area (Å²) in [5, 5.41) is 16.9. The number of carbonyl (C=O) groups is 2. The molecule has 2 atom stereocenters. The third kappa shape index (κ3) is 9.93. The molecule has 1 aliphatic rings. The lowest BCUT2D eigenvalue weighted by Gasteiger charge is -2.36. The van der Waals surface area contributed by atoms with E-state index < -0.39 is 16.6 Å². The Kier molecular flexibility index (Phi) is 13.8. The monoisotopic (exact) mass is 677 g/mol. The number of rotatable bonds is 17. The number of hydrogen-bond donors (Lipinski definition) is 2. The summed E-state index contributed by atoms with van der Waals surface area (Å²) in [6, 6.07) is 19.7. The number of nitro groups is 1. The van der Waals surface area contributed by atoms with E-state index in [1.807, 2.05) is 30.3 Å². The van der Waals surface area contributed by atoms with Crippen molar-refractivity contribution in [3.05, 3.63) is 93.5 Å². The topological polar surface area (TPSA) is 147 Å². The van der Waals surface area contributed by atoms with Crippen molar-refractivity contribution in [3.8, 4) is 11.5 Å². The maximum atomic E-state index is 14.1. The van der Waals surface area contributed by atoms with Gasteiger partial charge in [0.05, 0.1) is 10.6 Å². The molecule has 2 amide bonds. The maximum absolute atomic E-state index is 14.1. The summed E-state index contributed by atoms with van der Waals surface area (Å²) in [7, 11) is 3.11. The number of amides is 2. The standard InChI is InChI=1S/C37H47N3O9/c1-5-31(27-12-17-30(18-13-27)48-24-45-3)32(6-2)28-14-19-34(49-25-46-4)33(22-28)38-35(41)37(20-8-7-9-21-37)39-36(42)47-23-26-10-15-29(16-11-26)40(43)44/h10-19,22,31-32H,5-9,20-21,23-25H2,1-4H3,(H,38,41)(H,39,42). The number of ether oxygens (including phenoxy) is 5. The lowest BCUT2D eigenvalue weighted by Crippen LogP contribution is -2.57. The number of anilines is 1. The van der Waals surface area contributed by atoms with Crippen LogP contribution in [-0.2, 0) is 25.6 Å². The minimum absolute atomic E-state index is 0.00708. The molecule has 0 aliphatic heterocycles. The Labute approximate surface area is 287 Å². The first-order valence-corrected chi connectivity index (χ1v) is 16.7. The molecule has 0 bridgehead atoms. The molecule has 264 valence electrons. The first kappa shape index (κ1) is 37.1. The van der Waals surface area contributed by atoms with E-state index in [4.69, 9.17) is 23.7 Å². The van der Waals surface area contributed by atoms with Crippen LogP contribution in [0.5, 0.6) is 11.5 Å². The lowest BCUT2D eigenvalue weighted by molar-refractivity contribution is -0.384. The molecule has 3 aromatic carbocycles. The van der Waals surface area contributed by atoms with Crippen molar-refractivity contribution in [2.75, 3.05) is 33.1 Å². The molecule has 1 fully saturated rings. The highest BCUT2D eigenvalue weighted by molar-refractivity contribution is 6.01. The van der Waals surface area contributed by atoms with E-state index in [0.29, 0.717) is 29.8 Å². The number of carbonyl (C=O) groups excluding carboxylic acids is 2. The Balaban J connectivity index is 1.55. The van der Waals surface area contributed by atoms with Crippen molar-refractivity contribution in [1.29, 1.82) is 0 Å². The number of methoxy groups -OCH3 is 2. The van der Waals surface area contributed by atoms with Crippen LogP contribution in [0.25, 0.3) is 0 Å². The van der Waals surface area contributed by atoms with Gasteiger partial charge in [0.1, 0.15) is 23.6 Å². The maximum Gasteiger partial charge on any atom is 0.408 e. The first-order valence-electron chi connectivity index (χ1n) is 16.7. The number of alkyl carbamates (subject to hydrolysis) is 1. The molecule has 1 aliphatic carbocycles. The molecule has 0 heterocycles. The average Bonchev–Trinajstić information content (AvgIpc) is 3.12. The average molecular weight is 678 g/mol. The van der Waals surface area contributed by atoms with E-state index in [-0.39, 0.29) is 43.6 Å². The first-order chi connectivity index (χ1) is 23.7. The van der Waals surface area contributed by atoms with Gasteiger partial charge in [-0.05, 0) is 90.6 Å². The van der Waals surface area contributed by atoms with Gasteiger partial charge in [-0.3, -0.25) is 14.9 Å². The van der Waals surface area contributed by atoms with Crippen molar-refractivity contribution in [2.45, 2.75) is 82.8 Å². The van der Waals surface area contributed by atoms with Gasteiger partial charge in [-0.25, -0.2) is 4.79 Å². The fourth-order valence-electron chi connectivity index (χ4n) is 6.47. The second-order valence-electron chi connectivity index (χ2n) is 12.2. The van der Waals surface area contributed by atoms with Gasteiger partial charge >= 0.3 is 6.09 Å². The zero-order chi connectivity index (χ0) is 35.2. The van der Waals surface area contributed by atoms with Crippen molar-refractivity contribution in [1.82, 2.24) is 5.32 Å². The highest BCUT2D eigenvalue weighted by Crippen LogP contribution is 2.41. The normalized spacial score (nSPS) is 15.0. The Morgan fingerprint density at radius 1 is 0.837 bits per heavy atom. The van der Waals surface area contributed by atoms with Crippen molar-refractivity contribution in [3.63, 3.8) is 0 Å². The zero-order valence-corrected chi connectivity index (χ0v) is 28.7.